The number of nitrogens with two attached hydrogens (primary N) is 1. The van der Waals surface area contributed by atoms with Crippen LogP contribution in [0.15, 0.2) is 61.4 Å². The topological polar surface area (TPSA) is 119 Å². The van der Waals surface area contributed by atoms with Gasteiger partial charge in [-0.05, 0) is 48.6 Å². The molecule has 0 saturated carbocycles. The fourth-order valence-electron chi connectivity index (χ4n) is 4.31. The number of carbonyl (C=O) groups excluding carboxylic acids is 1. The first-order valence-corrected chi connectivity index (χ1v) is 10.4. The molecule has 1 aliphatic carbocycles. The number of amides is 1. The molecular formula is C24H22N6O2. The highest BCUT2D eigenvalue weighted by Crippen LogP contribution is 2.37. The normalized spacial score (nSPS) is 15.3. The molecule has 0 bridgehead atoms. The van der Waals surface area contributed by atoms with Crippen LogP contribution >= 0.6 is 0 Å². The molecule has 4 aromatic rings. The molecule has 0 spiro atoms. The lowest BCUT2D eigenvalue weighted by molar-refractivity contribution is -0.111. The number of hydrogen-bond acceptors (Lipinski definition) is 6. The van der Waals surface area contributed by atoms with Crippen molar-refractivity contribution in [3.63, 3.8) is 0 Å². The maximum atomic E-state index is 11.6. The third-order valence-corrected chi connectivity index (χ3v) is 5.90. The van der Waals surface area contributed by atoms with Crippen molar-refractivity contribution in [2.24, 2.45) is 0 Å². The number of phenols is 1. The predicted octanol–water partition coefficient (Wildman–Crippen LogP) is 3.64. The smallest absolute Gasteiger partial charge is 0.247 e. The number of fused-ring (bicyclic) bond motifs is 2. The number of hydrogen-bond donors (Lipinski definition) is 3. The predicted molar refractivity (Wildman–Crippen MR) is 123 cm³/mol. The molecule has 1 amide bonds. The Morgan fingerprint density at radius 2 is 2.03 bits per heavy atom. The van der Waals surface area contributed by atoms with Gasteiger partial charge in [0.15, 0.2) is 5.65 Å². The van der Waals surface area contributed by atoms with E-state index >= 15 is 0 Å². The van der Waals surface area contributed by atoms with Crippen LogP contribution in [0.5, 0.6) is 5.75 Å². The minimum atomic E-state index is -0.405. The van der Waals surface area contributed by atoms with Gasteiger partial charge in [-0.2, -0.15) is 5.10 Å². The number of nitrogen functional groups attached to an aromatic ring is 1. The van der Waals surface area contributed by atoms with E-state index in [1.807, 2.05) is 4.68 Å². The standard InChI is InChI=1S/C24H22N6O2/c1-2-20(32)28-18-10-8-16(12-19(18)31)22-21-23(25)26-13-27-24(21)30(29-22)17-9-7-14-5-3-4-6-15(14)11-17/h2-6,8,10,12-13,17,31H,1,7,9,11H2,(H,28,32)(H2,25,26,27). The van der Waals surface area contributed by atoms with Gasteiger partial charge in [-0.1, -0.05) is 36.9 Å². The Balaban J connectivity index is 1.59. The number of nitrogens with zero attached hydrogens (tertiary/aromatic N) is 4. The number of aromatic hydroxyl groups is 1. The Bertz CT molecular complexity index is 1360. The average molecular weight is 426 g/mol. The highest BCUT2D eigenvalue weighted by Gasteiger charge is 2.26. The molecule has 2 aromatic carbocycles. The molecule has 0 radical (unpaired) electrons. The molecule has 8 heteroatoms. The second-order valence-electron chi connectivity index (χ2n) is 7.84. The van der Waals surface area contributed by atoms with Crippen molar-refractivity contribution in [2.45, 2.75) is 25.3 Å². The summed E-state index contributed by atoms with van der Waals surface area (Å²) in [4.78, 5) is 20.2. The molecule has 2 heterocycles. The van der Waals surface area contributed by atoms with Crippen molar-refractivity contribution in [1.29, 1.82) is 0 Å². The fraction of sp³-hybridized carbons (Fsp3) is 0.167. The van der Waals surface area contributed by atoms with Gasteiger partial charge in [-0.25, -0.2) is 14.6 Å². The first kappa shape index (κ1) is 19.7. The van der Waals surface area contributed by atoms with E-state index in [9.17, 15) is 9.90 Å². The molecule has 32 heavy (non-hydrogen) atoms. The Labute approximate surface area is 184 Å². The first-order chi connectivity index (χ1) is 15.5. The summed E-state index contributed by atoms with van der Waals surface area (Å²) < 4.78 is 1.93. The third-order valence-electron chi connectivity index (χ3n) is 5.90. The number of anilines is 2. The summed E-state index contributed by atoms with van der Waals surface area (Å²) in [7, 11) is 0. The largest absolute Gasteiger partial charge is 0.506 e. The Morgan fingerprint density at radius 3 is 2.81 bits per heavy atom. The van der Waals surface area contributed by atoms with E-state index in [2.05, 4.69) is 46.1 Å². The van der Waals surface area contributed by atoms with Crippen LogP contribution in [0.1, 0.15) is 23.6 Å². The number of rotatable bonds is 4. The lowest BCUT2D eigenvalue weighted by Gasteiger charge is -2.25. The van der Waals surface area contributed by atoms with Gasteiger partial charge in [0, 0.05) is 5.56 Å². The van der Waals surface area contributed by atoms with Crippen LogP contribution < -0.4 is 11.1 Å². The lowest BCUT2D eigenvalue weighted by atomic mass is 9.88. The summed E-state index contributed by atoms with van der Waals surface area (Å²) >= 11 is 0. The highest BCUT2D eigenvalue weighted by atomic mass is 16.3. The van der Waals surface area contributed by atoms with Gasteiger partial charge in [0.05, 0.1) is 17.1 Å². The quantitative estimate of drug-likeness (QED) is 0.339. The van der Waals surface area contributed by atoms with Crippen molar-refractivity contribution in [3.05, 3.63) is 72.6 Å². The van der Waals surface area contributed by atoms with E-state index in [0.29, 0.717) is 28.1 Å². The zero-order chi connectivity index (χ0) is 22.2. The van der Waals surface area contributed by atoms with E-state index in [0.717, 1.165) is 25.3 Å². The molecule has 1 aliphatic rings. The van der Waals surface area contributed by atoms with Crippen LogP contribution in [0.2, 0.25) is 0 Å². The fourth-order valence-corrected chi connectivity index (χ4v) is 4.31. The average Bonchev–Trinajstić information content (AvgIpc) is 3.21. The molecule has 2 aromatic heterocycles. The van der Waals surface area contributed by atoms with Crippen LogP contribution in [0.4, 0.5) is 11.5 Å². The van der Waals surface area contributed by atoms with Gasteiger partial charge >= 0.3 is 0 Å². The molecular weight excluding hydrogens is 404 g/mol. The summed E-state index contributed by atoms with van der Waals surface area (Å²) in [6.07, 6.45) is 5.35. The summed E-state index contributed by atoms with van der Waals surface area (Å²) in [5.41, 5.74) is 11.1. The van der Waals surface area contributed by atoms with E-state index in [1.54, 1.807) is 18.2 Å². The van der Waals surface area contributed by atoms with Gasteiger partial charge < -0.3 is 16.2 Å². The molecule has 0 aliphatic heterocycles. The molecule has 8 nitrogen and oxygen atoms in total. The maximum Gasteiger partial charge on any atom is 0.247 e. The van der Waals surface area contributed by atoms with E-state index < -0.39 is 5.91 Å². The van der Waals surface area contributed by atoms with E-state index in [-0.39, 0.29) is 17.5 Å². The van der Waals surface area contributed by atoms with Gasteiger partial charge in [-0.3, -0.25) is 4.79 Å². The minimum absolute atomic E-state index is 0.0811. The van der Waals surface area contributed by atoms with Crippen LogP contribution in [0, 0.1) is 0 Å². The van der Waals surface area contributed by atoms with Crippen LogP contribution in [-0.4, -0.2) is 30.8 Å². The highest BCUT2D eigenvalue weighted by molar-refractivity contribution is 6.01. The second kappa shape index (κ2) is 7.81. The Kier molecular flexibility index (Phi) is 4.82. The van der Waals surface area contributed by atoms with Gasteiger partial charge in [0.25, 0.3) is 0 Å². The molecule has 1 atom stereocenters. The third kappa shape index (κ3) is 3.35. The number of nitrogens with one attached hydrogen (secondary N) is 1. The number of aryl methyl sites for hydroxylation is 1. The molecule has 0 saturated heterocycles. The number of phenolic OH excluding ortho intramolecular Hbond substituents is 1. The van der Waals surface area contributed by atoms with E-state index in [1.165, 1.54) is 17.5 Å². The van der Waals surface area contributed by atoms with Gasteiger partial charge in [0.1, 0.15) is 23.6 Å². The number of benzene rings is 2. The van der Waals surface area contributed by atoms with E-state index in [4.69, 9.17) is 10.8 Å². The zero-order valence-electron chi connectivity index (χ0n) is 17.3. The summed E-state index contributed by atoms with van der Waals surface area (Å²) in [5, 5.41) is 18.6. The Morgan fingerprint density at radius 1 is 1.22 bits per heavy atom. The van der Waals surface area contributed by atoms with Crippen LogP contribution in [-0.2, 0) is 17.6 Å². The maximum absolute atomic E-state index is 11.6. The second-order valence-corrected chi connectivity index (χ2v) is 7.84. The molecule has 1 unspecified atom stereocenters. The van der Waals surface area contributed by atoms with Crippen LogP contribution in [0.25, 0.3) is 22.3 Å². The van der Waals surface area contributed by atoms with Crippen molar-refractivity contribution in [1.82, 2.24) is 19.7 Å². The zero-order valence-corrected chi connectivity index (χ0v) is 17.3. The van der Waals surface area contributed by atoms with Crippen molar-refractivity contribution in [2.75, 3.05) is 11.1 Å². The monoisotopic (exact) mass is 426 g/mol. The molecule has 160 valence electrons. The summed E-state index contributed by atoms with van der Waals surface area (Å²) in [5.74, 6) is -0.156. The first-order valence-electron chi connectivity index (χ1n) is 10.4. The van der Waals surface area contributed by atoms with Gasteiger partial charge in [0.2, 0.25) is 5.91 Å². The molecule has 4 N–H and O–H groups in total. The SMILES string of the molecule is C=CC(=O)Nc1ccc(-c2nn(C3CCc4ccccc4C3)c3ncnc(N)c23)cc1O. The van der Waals surface area contributed by atoms with Gasteiger partial charge in [-0.15, -0.1) is 0 Å². The van der Waals surface area contributed by atoms with Crippen molar-refractivity contribution >= 4 is 28.4 Å². The number of carbonyl (C=O) groups is 1. The molecule has 5 rings (SSSR count). The summed E-state index contributed by atoms with van der Waals surface area (Å²) in [6, 6.07) is 13.5. The Hall–Kier alpha value is -4.20. The van der Waals surface area contributed by atoms with Crippen molar-refractivity contribution in [3.8, 4) is 17.0 Å². The number of aromatic nitrogens is 4. The summed E-state index contributed by atoms with van der Waals surface area (Å²) in [6.45, 7) is 3.42. The van der Waals surface area contributed by atoms with Crippen LogP contribution in [0.3, 0.4) is 0 Å². The van der Waals surface area contributed by atoms with Crippen molar-refractivity contribution < 1.29 is 9.90 Å². The minimum Gasteiger partial charge on any atom is -0.506 e. The molecule has 0 fully saturated rings. The lowest BCUT2D eigenvalue weighted by Crippen LogP contribution is -2.20.